The zero-order valence-corrected chi connectivity index (χ0v) is 36.3. The molecule has 0 fully saturated rings. The number of hydrogen-bond acceptors (Lipinski definition) is 13. The predicted octanol–water partition coefficient (Wildman–Crippen LogP) is 3.17. The Bertz CT molecular complexity index is 1510. The number of hydrogen-bond donors (Lipinski definition) is 3. The van der Waals surface area contributed by atoms with Crippen LogP contribution < -0.4 is 16.0 Å². The Balaban J connectivity index is 2.43. The number of ketones is 2. The molecule has 0 saturated heterocycles. The number of methoxy groups -OCH3 is 1. The summed E-state index contributed by atoms with van der Waals surface area (Å²) in [5.74, 6) is -2.54. The van der Waals surface area contributed by atoms with Crippen LogP contribution in [-0.4, -0.2) is 137 Å². The van der Waals surface area contributed by atoms with E-state index in [1.54, 1.807) is 41.5 Å². The molecule has 0 unspecified atom stereocenters. The van der Waals surface area contributed by atoms with Gasteiger partial charge in [-0.1, -0.05) is 0 Å². The van der Waals surface area contributed by atoms with Gasteiger partial charge in [0, 0.05) is 23.5 Å². The second-order valence-corrected chi connectivity index (χ2v) is 18.4. The molecule has 0 bridgehead atoms. The lowest BCUT2D eigenvalue weighted by molar-refractivity contribution is -0.150. The van der Waals surface area contributed by atoms with Crippen LogP contribution >= 0.6 is 0 Å². The summed E-state index contributed by atoms with van der Waals surface area (Å²) < 4.78 is 28.7. The van der Waals surface area contributed by atoms with Crippen molar-refractivity contribution in [3.8, 4) is 0 Å². The van der Waals surface area contributed by atoms with E-state index in [2.05, 4.69) is 16.0 Å². The lowest BCUT2D eigenvalue weighted by Crippen LogP contribution is -2.60. The van der Waals surface area contributed by atoms with Gasteiger partial charge in [0.2, 0.25) is 11.8 Å². The van der Waals surface area contributed by atoms with Crippen molar-refractivity contribution in [2.24, 2.45) is 0 Å². The van der Waals surface area contributed by atoms with E-state index < -0.39 is 88.5 Å². The Kier molecular flexibility index (Phi) is 16.3. The summed E-state index contributed by atoms with van der Waals surface area (Å²) in [6.45, 7) is 25.9. The topological polar surface area (TPSA) is 191 Å². The smallest absolute Gasteiger partial charge is 0.408 e. The first kappa shape index (κ1) is 48.1. The Hall–Kier alpha value is -4.02. The zero-order chi connectivity index (χ0) is 43.1. The number of ether oxygens (including phenoxy) is 5. The van der Waals surface area contributed by atoms with Crippen molar-refractivity contribution in [1.29, 1.82) is 0 Å². The summed E-state index contributed by atoms with van der Waals surface area (Å²) in [5, 5.41) is 8.84. The largest absolute Gasteiger partial charge is 0.467 e. The quantitative estimate of drug-likeness (QED) is 0.218. The van der Waals surface area contributed by atoms with E-state index in [1.807, 2.05) is 62.3 Å². The van der Waals surface area contributed by atoms with E-state index in [0.717, 1.165) is 0 Å². The second-order valence-electron chi connectivity index (χ2n) is 18.4. The van der Waals surface area contributed by atoms with Gasteiger partial charge in [0.1, 0.15) is 17.7 Å². The first-order chi connectivity index (χ1) is 25.4. The van der Waals surface area contributed by atoms with E-state index in [9.17, 15) is 28.8 Å². The van der Waals surface area contributed by atoms with Gasteiger partial charge >= 0.3 is 12.1 Å². The molecule has 2 aliphatic heterocycles. The number of esters is 1. The number of rotatable bonds is 14. The molecule has 0 aromatic carbocycles. The molecule has 16 nitrogen and oxygen atoms in total. The van der Waals surface area contributed by atoms with Crippen molar-refractivity contribution in [3.05, 3.63) is 23.5 Å². The maximum atomic E-state index is 14.4. The number of carbonyl (C=O) groups is 6. The Morgan fingerprint density at radius 3 is 1.30 bits per heavy atom. The van der Waals surface area contributed by atoms with Crippen LogP contribution in [0.4, 0.5) is 4.79 Å². The van der Waals surface area contributed by atoms with E-state index >= 15 is 0 Å². The third-order valence-corrected chi connectivity index (χ3v) is 8.08. The molecule has 16 heteroatoms. The molecular formula is C40H67N5O11. The molecule has 318 valence electrons. The molecular weight excluding hydrogens is 726 g/mol. The molecule has 2 heterocycles. The Labute approximate surface area is 332 Å². The molecule has 0 aromatic heterocycles. The monoisotopic (exact) mass is 793 g/mol. The summed E-state index contributed by atoms with van der Waals surface area (Å²) in [4.78, 5) is 83.2. The molecule has 0 aromatic rings. The minimum Gasteiger partial charge on any atom is -0.467 e. The molecule has 0 spiro atoms. The summed E-state index contributed by atoms with van der Waals surface area (Å²) in [7, 11) is 1.25. The van der Waals surface area contributed by atoms with Crippen LogP contribution in [0.1, 0.15) is 104 Å². The van der Waals surface area contributed by atoms with Gasteiger partial charge < -0.3 is 49.4 Å². The fraction of sp³-hybridized carbons (Fsp3) is 0.750. The highest BCUT2D eigenvalue weighted by molar-refractivity contribution is 5.99. The van der Waals surface area contributed by atoms with E-state index in [0.29, 0.717) is 5.70 Å². The lowest BCUT2D eigenvalue weighted by Gasteiger charge is -2.38. The summed E-state index contributed by atoms with van der Waals surface area (Å²) >= 11 is 0. The first-order valence-electron chi connectivity index (χ1n) is 19.1. The van der Waals surface area contributed by atoms with Crippen molar-refractivity contribution in [1.82, 2.24) is 25.8 Å². The molecule has 6 atom stereocenters. The highest BCUT2D eigenvalue weighted by atomic mass is 16.6. The van der Waals surface area contributed by atoms with Crippen molar-refractivity contribution in [2.75, 3.05) is 33.3 Å². The number of amides is 3. The van der Waals surface area contributed by atoms with E-state index in [-0.39, 0.29) is 37.7 Å². The first-order valence-corrected chi connectivity index (χ1v) is 19.1. The van der Waals surface area contributed by atoms with Crippen LogP contribution in [0.2, 0.25) is 0 Å². The van der Waals surface area contributed by atoms with Gasteiger partial charge in [-0.15, -0.1) is 0 Å². The fourth-order valence-electron chi connectivity index (χ4n) is 6.32. The van der Waals surface area contributed by atoms with Gasteiger partial charge in [-0.3, -0.25) is 19.2 Å². The summed E-state index contributed by atoms with van der Waals surface area (Å²) in [6.07, 6.45) is -0.445. The lowest BCUT2D eigenvalue weighted by atomic mass is 10.0. The predicted molar refractivity (Wildman–Crippen MR) is 209 cm³/mol. The average Bonchev–Trinajstić information content (AvgIpc) is 3.00. The third kappa shape index (κ3) is 16.2. The molecule has 0 saturated carbocycles. The van der Waals surface area contributed by atoms with Crippen LogP contribution in [0.3, 0.4) is 0 Å². The Morgan fingerprint density at radius 2 is 0.929 bits per heavy atom. The number of nitrogens with zero attached hydrogens (tertiary/aromatic N) is 2. The van der Waals surface area contributed by atoms with Crippen molar-refractivity contribution in [2.45, 2.75) is 163 Å². The van der Waals surface area contributed by atoms with Gasteiger partial charge in [0.05, 0.1) is 68.4 Å². The van der Waals surface area contributed by atoms with Gasteiger partial charge in [-0.2, -0.15) is 0 Å². The number of carbonyl (C=O) groups excluding carboxylic acids is 6. The maximum Gasteiger partial charge on any atom is 0.408 e. The number of nitrogens with one attached hydrogen (secondary N) is 3. The standard InChI is InChI=1S/C40H67N5O11/c1-23(53-37(4,5)6)30(33(48)44-20-27(18-29(47)21-44)42-32(35(50)52-16)25(3)55-39(10,11)12)41-26-17-28(46)22-45(19-26)34(49)31(24(2)54-38(7,8)9)43-36(51)56-40(13,14)15/h17-18,23-25,30-32,41-42H,19-22H2,1-16H3,(H,43,51)/t23-,24-,25-,30+,31+,32+/m1/s1. The van der Waals surface area contributed by atoms with Gasteiger partial charge in [-0.05, 0) is 104 Å². The average molecular weight is 794 g/mol. The maximum absolute atomic E-state index is 14.4. The van der Waals surface area contributed by atoms with Crippen molar-refractivity contribution < 1.29 is 52.5 Å². The highest BCUT2D eigenvalue weighted by Gasteiger charge is 2.40. The highest BCUT2D eigenvalue weighted by Crippen LogP contribution is 2.21. The molecule has 0 aliphatic carbocycles. The zero-order valence-electron chi connectivity index (χ0n) is 36.3. The minimum absolute atomic E-state index is 0.0625. The van der Waals surface area contributed by atoms with E-state index in [1.165, 1.54) is 29.1 Å². The van der Waals surface area contributed by atoms with Crippen molar-refractivity contribution in [3.63, 3.8) is 0 Å². The molecule has 2 rings (SSSR count). The van der Waals surface area contributed by atoms with Crippen LogP contribution in [0.5, 0.6) is 0 Å². The normalized spacial score (nSPS) is 19.1. The van der Waals surface area contributed by atoms with Crippen LogP contribution in [0.25, 0.3) is 0 Å². The van der Waals surface area contributed by atoms with Crippen molar-refractivity contribution >= 4 is 35.4 Å². The van der Waals surface area contributed by atoms with Crippen LogP contribution in [-0.2, 0) is 47.7 Å². The van der Waals surface area contributed by atoms with Gasteiger partial charge in [-0.25, -0.2) is 9.59 Å². The molecule has 0 radical (unpaired) electrons. The van der Waals surface area contributed by atoms with E-state index in [4.69, 9.17) is 23.7 Å². The second kappa shape index (κ2) is 18.9. The fourth-order valence-corrected chi connectivity index (χ4v) is 6.32. The molecule has 56 heavy (non-hydrogen) atoms. The molecule has 2 aliphatic rings. The van der Waals surface area contributed by atoms with Crippen LogP contribution in [0.15, 0.2) is 23.5 Å². The minimum atomic E-state index is -1.22. The van der Waals surface area contributed by atoms with Gasteiger partial charge in [0.25, 0.3) is 0 Å². The SMILES string of the molecule is COC(=O)[C@@H](NC1=CC(=O)CN(C(=O)[C@@H](NC2=CC(=O)CN(C(=O)[C@@H](NC(=O)OC(C)(C)C)[C@@H](C)OC(C)(C)C)C2)[C@@H](C)OC(C)(C)C)C1)[C@@H](C)OC(C)(C)C. The molecule has 3 N–H and O–H groups in total. The summed E-state index contributed by atoms with van der Waals surface area (Å²) in [5.41, 5.74) is -2.24. The number of alkyl carbamates (subject to hydrolysis) is 1. The molecule has 3 amide bonds. The Morgan fingerprint density at radius 1 is 0.571 bits per heavy atom. The van der Waals surface area contributed by atoms with Gasteiger partial charge in [0.15, 0.2) is 17.6 Å². The third-order valence-electron chi connectivity index (χ3n) is 8.08. The van der Waals surface area contributed by atoms with Crippen LogP contribution in [0, 0.1) is 0 Å². The summed E-state index contributed by atoms with van der Waals surface area (Å²) in [6, 6.07) is -3.34.